The van der Waals surface area contributed by atoms with Gasteiger partial charge in [-0.05, 0) is 45.5 Å². The van der Waals surface area contributed by atoms with Gasteiger partial charge in [0.2, 0.25) is 0 Å². The van der Waals surface area contributed by atoms with Crippen molar-refractivity contribution in [3.8, 4) is 5.75 Å². The smallest absolute Gasteiger partial charge is 0.192 e. The predicted molar refractivity (Wildman–Crippen MR) is 130 cm³/mol. The fourth-order valence-electron chi connectivity index (χ4n) is 4.32. The third-order valence-corrected chi connectivity index (χ3v) is 6.09. The van der Waals surface area contributed by atoms with Gasteiger partial charge in [-0.25, -0.2) is 9.98 Å². The Hall–Kier alpha value is -2.80. The summed E-state index contributed by atoms with van der Waals surface area (Å²) in [6, 6.07) is 12.7. The second-order valence-electron chi connectivity index (χ2n) is 9.31. The van der Waals surface area contributed by atoms with Gasteiger partial charge in [0.15, 0.2) is 5.96 Å². The van der Waals surface area contributed by atoms with Crippen LogP contribution in [0.15, 0.2) is 47.6 Å². The Bertz CT molecular complexity index is 918. The lowest BCUT2D eigenvalue weighted by Crippen LogP contribution is -2.45. The lowest BCUT2D eigenvalue weighted by atomic mass is 9.90. The minimum Gasteiger partial charge on any atom is -0.487 e. The van der Waals surface area contributed by atoms with Crippen molar-refractivity contribution in [3.63, 3.8) is 0 Å². The number of ether oxygens (including phenoxy) is 1. The number of nitrogens with zero attached hydrogens (tertiary/aromatic N) is 4. The number of pyridine rings is 1. The first kappa shape index (κ1) is 22.4. The molecular weight excluding hydrogens is 400 g/mol. The molecule has 3 heterocycles. The van der Waals surface area contributed by atoms with Crippen molar-refractivity contribution in [2.24, 2.45) is 4.99 Å². The molecule has 7 heteroatoms. The molecule has 32 heavy (non-hydrogen) atoms. The zero-order chi connectivity index (χ0) is 22.6. The van der Waals surface area contributed by atoms with Gasteiger partial charge in [-0.15, -0.1) is 0 Å². The van der Waals surface area contributed by atoms with E-state index in [0.29, 0.717) is 6.54 Å². The summed E-state index contributed by atoms with van der Waals surface area (Å²) in [5, 5.41) is 7.02. The number of rotatable bonds is 5. The molecule has 2 aromatic rings. The normalized spacial score (nSPS) is 20.9. The van der Waals surface area contributed by atoms with E-state index >= 15 is 0 Å². The van der Waals surface area contributed by atoms with E-state index in [1.807, 2.05) is 18.3 Å². The Balaban J connectivity index is 1.43. The maximum Gasteiger partial charge on any atom is 0.192 e. The van der Waals surface area contributed by atoms with E-state index in [2.05, 4.69) is 72.5 Å². The van der Waals surface area contributed by atoms with Crippen LogP contribution in [0, 0.1) is 0 Å². The topological polar surface area (TPSA) is 65.0 Å². The predicted octanol–water partition coefficient (Wildman–Crippen LogP) is 3.19. The third kappa shape index (κ3) is 5.51. The molecule has 1 aromatic carbocycles. The minimum absolute atomic E-state index is 0.144. The van der Waals surface area contributed by atoms with Crippen molar-refractivity contribution in [2.75, 3.05) is 44.7 Å². The molecule has 1 saturated heterocycles. The number of hydrogen-bond acceptors (Lipinski definition) is 5. The summed E-state index contributed by atoms with van der Waals surface area (Å²) in [5.74, 6) is 2.81. The second-order valence-corrected chi connectivity index (χ2v) is 9.31. The molecule has 0 amide bonds. The first-order chi connectivity index (χ1) is 15.4. The van der Waals surface area contributed by atoms with Crippen LogP contribution in [-0.4, -0.2) is 61.2 Å². The molecule has 1 atom stereocenters. The fourth-order valence-corrected chi connectivity index (χ4v) is 4.32. The summed E-state index contributed by atoms with van der Waals surface area (Å²) in [5.41, 5.74) is 2.05. The number of anilines is 1. The summed E-state index contributed by atoms with van der Waals surface area (Å²) < 4.78 is 6.17. The van der Waals surface area contributed by atoms with Gasteiger partial charge in [-0.2, -0.15) is 0 Å². The first-order valence-corrected chi connectivity index (χ1v) is 11.6. The van der Waals surface area contributed by atoms with Crippen molar-refractivity contribution >= 4 is 11.8 Å². The Labute approximate surface area is 191 Å². The van der Waals surface area contributed by atoms with Crippen molar-refractivity contribution in [1.82, 2.24) is 20.5 Å². The number of para-hydroxylation sites is 1. The number of likely N-dealkylation sites (N-methyl/N-ethyl adjacent to an activating group) is 1. The van der Waals surface area contributed by atoms with Gasteiger partial charge in [0.1, 0.15) is 17.2 Å². The van der Waals surface area contributed by atoms with Gasteiger partial charge in [0.05, 0.1) is 12.6 Å². The van der Waals surface area contributed by atoms with Gasteiger partial charge in [-0.1, -0.05) is 24.3 Å². The van der Waals surface area contributed by atoms with E-state index in [4.69, 9.17) is 14.7 Å². The molecule has 1 fully saturated rings. The number of aromatic nitrogens is 1. The Morgan fingerprint density at radius 2 is 1.94 bits per heavy atom. The van der Waals surface area contributed by atoms with Crippen molar-refractivity contribution < 1.29 is 4.74 Å². The number of guanidine groups is 1. The summed E-state index contributed by atoms with van der Waals surface area (Å²) in [4.78, 5) is 14.2. The largest absolute Gasteiger partial charge is 0.487 e. The molecule has 2 N–H and O–H groups in total. The number of aliphatic imine (C=N–C) groups is 1. The van der Waals surface area contributed by atoms with Gasteiger partial charge in [0.25, 0.3) is 0 Å². The molecule has 1 aromatic heterocycles. The van der Waals surface area contributed by atoms with E-state index in [0.717, 1.165) is 62.2 Å². The Morgan fingerprint density at radius 3 is 2.66 bits per heavy atom. The van der Waals surface area contributed by atoms with Crippen LogP contribution in [0.2, 0.25) is 0 Å². The van der Waals surface area contributed by atoms with Gasteiger partial charge < -0.3 is 25.2 Å². The standard InChI is InChI=1S/C25H36N6O/c1-5-26-24(29-21-16-25(2,3)32-22-9-7-6-8-20(21)22)28-18-19-10-11-23(27-17-19)31-14-12-30(4)13-15-31/h6-11,17,21H,5,12-16,18H2,1-4H3,(H2,26,28,29). The molecular formula is C25H36N6O. The van der Waals surface area contributed by atoms with Crippen molar-refractivity contribution in [3.05, 3.63) is 53.7 Å². The maximum atomic E-state index is 6.17. The van der Waals surface area contributed by atoms with Crippen LogP contribution in [0.1, 0.15) is 44.4 Å². The van der Waals surface area contributed by atoms with Crippen LogP contribution in [0.3, 0.4) is 0 Å². The molecule has 0 bridgehead atoms. The lowest BCUT2D eigenvalue weighted by Gasteiger charge is -2.38. The quantitative estimate of drug-likeness (QED) is 0.554. The maximum absolute atomic E-state index is 6.17. The SMILES string of the molecule is CCNC(=NCc1ccc(N2CCN(C)CC2)nc1)NC1CC(C)(C)Oc2ccccc21. The monoisotopic (exact) mass is 436 g/mol. The van der Waals surface area contributed by atoms with Crippen LogP contribution in [-0.2, 0) is 6.54 Å². The zero-order valence-corrected chi connectivity index (χ0v) is 19.8. The zero-order valence-electron chi connectivity index (χ0n) is 19.8. The van der Waals surface area contributed by atoms with E-state index in [9.17, 15) is 0 Å². The molecule has 2 aliphatic rings. The van der Waals surface area contributed by atoms with Crippen LogP contribution in [0.4, 0.5) is 5.82 Å². The van der Waals surface area contributed by atoms with E-state index in [1.54, 1.807) is 0 Å². The number of piperazine rings is 1. The van der Waals surface area contributed by atoms with Crippen LogP contribution in [0.25, 0.3) is 0 Å². The van der Waals surface area contributed by atoms with Gasteiger partial charge >= 0.3 is 0 Å². The summed E-state index contributed by atoms with van der Waals surface area (Å²) in [6.07, 6.45) is 2.82. The number of nitrogens with one attached hydrogen (secondary N) is 2. The molecule has 7 nitrogen and oxygen atoms in total. The summed E-state index contributed by atoms with van der Waals surface area (Å²) in [7, 11) is 2.17. The van der Waals surface area contributed by atoms with Gasteiger partial charge in [-0.3, -0.25) is 0 Å². The third-order valence-electron chi connectivity index (χ3n) is 6.09. The van der Waals surface area contributed by atoms with E-state index in [-0.39, 0.29) is 11.6 Å². The molecule has 1 unspecified atom stereocenters. The van der Waals surface area contributed by atoms with E-state index in [1.165, 1.54) is 5.56 Å². The van der Waals surface area contributed by atoms with Crippen LogP contribution < -0.4 is 20.3 Å². The Kier molecular flexibility index (Phi) is 6.84. The lowest BCUT2D eigenvalue weighted by molar-refractivity contribution is 0.0694. The highest BCUT2D eigenvalue weighted by Gasteiger charge is 2.33. The van der Waals surface area contributed by atoms with Crippen molar-refractivity contribution in [2.45, 2.75) is 45.4 Å². The molecule has 4 rings (SSSR count). The molecule has 0 spiro atoms. The van der Waals surface area contributed by atoms with E-state index < -0.39 is 0 Å². The summed E-state index contributed by atoms with van der Waals surface area (Å²) in [6.45, 7) is 12.0. The highest BCUT2D eigenvalue weighted by Crippen LogP contribution is 2.39. The summed E-state index contributed by atoms with van der Waals surface area (Å²) >= 11 is 0. The molecule has 0 saturated carbocycles. The number of fused-ring (bicyclic) bond motifs is 1. The fraction of sp³-hybridized carbons (Fsp3) is 0.520. The number of hydrogen-bond donors (Lipinski definition) is 2. The number of benzene rings is 1. The van der Waals surface area contributed by atoms with Crippen LogP contribution in [0.5, 0.6) is 5.75 Å². The molecule has 0 aliphatic carbocycles. The van der Waals surface area contributed by atoms with Gasteiger partial charge in [0, 0.05) is 50.9 Å². The minimum atomic E-state index is -0.230. The van der Waals surface area contributed by atoms with Crippen LogP contribution >= 0.6 is 0 Å². The van der Waals surface area contributed by atoms with Crippen molar-refractivity contribution in [1.29, 1.82) is 0 Å². The average Bonchev–Trinajstić information content (AvgIpc) is 2.78. The first-order valence-electron chi connectivity index (χ1n) is 11.6. The average molecular weight is 437 g/mol. The molecule has 172 valence electrons. The highest BCUT2D eigenvalue weighted by molar-refractivity contribution is 5.80. The highest BCUT2D eigenvalue weighted by atomic mass is 16.5. The second kappa shape index (κ2) is 9.77. The molecule has 0 radical (unpaired) electrons. The Morgan fingerprint density at radius 1 is 1.16 bits per heavy atom. The molecule has 2 aliphatic heterocycles.